The largest absolute Gasteiger partial charge is 0.480 e. The molecule has 1 aromatic heterocycles. The monoisotopic (exact) mass is 340 g/mol. The van der Waals surface area contributed by atoms with E-state index in [1.165, 1.54) is 28.0 Å². The standard InChI is InChI=1S/C14H16N2O4S2/c1-14(2)10(13(19)20)16-11(18)9(12(16)22-14)15-8(17)6-7-4-3-5-21-7/h3-5,9-10,12H,6H2,1-2H3,(H,15,17)(H,19,20)/t9?,10?,12-/m1/s1. The number of thioether (sulfide) groups is 1. The molecular formula is C14H16N2O4S2. The summed E-state index contributed by atoms with van der Waals surface area (Å²) in [6, 6.07) is 2.27. The van der Waals surface area contributed by atoms with Gasteiger partial charge in [0.05, 0.1) is 6.42 Å². The van der Waals surface area contributed by atoms with E-state index in [-0.39, 0.29) is 23.6 Å². The molecule has 2 fully saturated rings. The van der Waals surface area contributed by atoms with Crippen LogP contribution in [0.15, 0.2) is 17.5 Å². The fourth-order valence-corrected chi connectivity index (χ4v) is 5.27. The zero-order valence-corrected chi connectivity index (χ0v) is 13.7. The van der Waals surface area contributed by atoms with Crippen molar-refractivity contribution in [2.75, 3.05) is 0 Å². The summed E-state index contributed by atoms with van der Waals surface area (Å²) in [5.41, 5.74) is 0. The molecule has 2 unspecified atom stereocenters. The lowest BCUT2D eigenvalue weighted by molar-refractivity contribution is -0.161. The highest BCUT2D eigenvalue weighted by Crippen LogP contribution is 2.50. The quantitative estimate of drug-likeness (QED) is 0.796. The molecule has 0 aromatic carbocycles. The highest BCUT2D eigenvalue weighted by molar-refractivity contribution is 8.01. The van der Waals surface area contributed by atoms with Crippen molar-refractivity contribution in [1.29, 1.82) is 0 Å². The number of carbonyl (C=O) groups excluding carboxylic acids is 2. The first-order chi connectivity index (χ1) is 10.3. The minimum atomic E-state index is -1.00. The van der Waals surface area contributed by atoms with Crippen LogP contribution in [-0.4, -0.2) is 50.0 Å². The zero-order chi connectivity index (χ0) is 16.1. The van der Waals surface area contributed by atoms with Gasteiger partial charge in [0.1, 0.15) is 17.5 Å². The van der Waals surface area contributed by atoms with Crippen LogP contribution in [-0.2, 0) is 20.8 Å². The van der Waals surface area contributed by atoms with Crippen LogP contribution in [0.5, 0.6) is 0 Å². The highest BCUT2D eigenvalue weighted by Gasteiger charge is 2.64. The summed E-state index contributed by atoms with van der Waals surface area (Å²) in [6.07, 6.45) is 0.241. The predicted molar refractivity (Wildman–Crippen MR) is 83.7 cm³/mol. The number of nitrogens with zero attached hydrogens (tertiary/aromatic N) is 1. The van der Waals surface area contributed by atoms with Crippen LogP contribution in [0.2, 0.25) is 0 Å². The molecule has 8 heteroatoms. The van der Waals surface area contributed by atoms with Gasteiger partial charge in [0.2, 0.25) is 11.8 Å². The Kier molecular flexibility index (Phi) is 3.68. The van der Waals surface area contributed by atoms with E-state index in [2.05, 4.69) is 5.32 Å². The van der Waals surface area contributed by atoms with Gasteiger partial charge in [-0.15, -0.1) is 23.1 Å². The number of aliphatic carboxylic acids is 1. The molecular weight excluding hydrogens is 324 g/mol. The number of rotatable bonds is 4. The van der Waals surface area contributed by atoms with Crippen LogP contribution in [0.25, 0.3) is 0 Å². The molecule has 3 atom stereocenters. The number of nitrogens with one attached hydrogen (secondary N) is 1. The second-order valence-corrected chi connectivity index (χ2v) is 8.70. The maximum Gasteiger partial charge on any atom is 0.327 e. The molecule has 0 bridgehead atoms. The molecule has 3 rings (SSSR count). The molecule has 1 aromatic rings. The van der Waals surface area contributed by atoms with Crippen LogP contribution in [0.3, 0.4) is 0 Å². The summed E-state index contributed by atoms with van der Waals surface area (Å²) in [5, 5.41) is 13.7. The number of hydrogen-bond donors (Lipinski definition) is 2. The Balaban J connectivity index is 1.67. The van der Waals surface area contributed by atoms with Crippen molar-refractivity contribution in [2.45, 2.75) is 42.5 Å². The first-order valence-corrected chi connectivity index (χ1v) is 8.62. The fourth-order valence-electron chi connectivity index (χ4n) is 2.94. The third kappa shape index (κ3) is 2.40. The van der Waals surface area contributed by atoms with Crippen LogP contribution in [0, 0.1) is 0 Å². The minimum absolute atomic E-state index is 0.211. The molecule has 3 heterocycles. The molecule has 2 aliphatic rings. The Bertz CT molecular complexity index is 629. The lowest BCUT2D eigenvalue weighted by atomic mass is 9.96. The van der Waals surface area contributed by atoms with Crippen molar-refractivity contribution in [3.63, 3.8) is 0 Å². The molecule has 2 N–H and O–H groups in total. The molecule has 2 amide bonds. The van der Waals surface area contributed by atoms with Crippen LogP contribution in [0.1, 0.15) is 18.7 Å². The van der Waals surface area contributed by atoms with Crippen LogP contribution >= 0.6 is 23.1 Å². The molecule has 22 heavy (non-hydrogen) atoms. The SMILES string of the molecule is CC1(C)S[C@@H]2C(NC(=O)Cc3cccs3)C(=O)N2C1C(=O)O. The maximum atomic E-state index is 12.2. The van der Waals surface area contributed by atoms with E-state index in [1.54, 1.807) is 0 Å². The van der Waals surface area contributed by atoms with Crippen molar-refractivity contribution in [1.82, 2.24) is 10.2 Å². The number of β-lactam (4-membered cyclic amide) rings is 1. The Morgan fingerprint density at radius 1 is 1.45 bits per heavy atom. The number of amides is 2. The van der Waals surface area contributed by atoms with E-state index >= 15 is 0 Å². The number of carbonyl (C=O) groups is 3. The van der Waals surface area contributed by atoms with E-state index in [0.717, 1.165) is 4.88 Å². The van der Waals surface area contributed by atoms with Crippen molar-refractivity contribution < 1.29 is 19.5 Å². The predicted octanol–water partition coefficient (Wildman–Crippen LogP) is 0.922. The average Bonchev–Trinajstić information content (AvgIpc) is 3.00. The highest BCUT2D eigenvalue weighted by atomic mass is 32.2. The van der Waals surface area contributed by atoms with E-state index in [1.807, 2.05) is 31.4 Å². The van der Waals surface area contributed by atoms with Gasteiger partial charge in [-0.3, -0.25) is 9.59 Å². The Labute approximate surface area is 135 Å². The topological polar surface area (TPSA) is 86.7 Å². The third-order valence-corrected chi connectivity index (χ3v) is 6.35. The molecule has 2 saturated heterocycles. The summed E-state index contributed by atoms with van der Waals surface area (Å²) >= 11 is 2.92. The second kappa shape index (κ2) is 5.27. The van der Waals surface area contributed by atoms with Gasteiger partial charge >= 0.3 is 5.97 Å². The summed E-state index contributed by atoms with van der Waals surface area (Å²) in [6.45, 7) is 3.62. The fraction of sp³-hybridized carbons (Fsp3) is 0.500. The first-order valence-electron chi connectivity index (χ1n) is 6.86. The number of hydrogen-bond acceptors (Lipinski definition) is 5. The molecule has 6 nitrogen and oxygen atoms in total. The molecule has 118 valence electrons. The smallest absolute Gasteiger partial charge is 0.327 e. The molecule has 0 spiro atoms. The Morgan fingerprint density at radius 3 is 2.77 bits per heavy atom. The summed E-state index contributed by atoms with van der Waals surface area (Å²) in [4.78, 5) is 38.0. The second-order valence-electron chi connectivity index (χ2n) is 5.90. The van der Waals surface area contributed by atoms with Gasteiger partial charge in [-0.05, 0) is 25.3 Å². The first kappa shape index (κ1) is 15.4. The van der Waals surface area contributed by atoms with Crippen molar-refractivity contribution in [2.24, 2.45) is 0 Å². The van der Waals surface area contributed by atoms with Gasteiger partial charge in [0.25, 0.3) is 0 Å². The van der Waals surface area contributed by atoms with Crippen molar-refractivity contribution >= 4 is 40.9 Å². The number of thiophene rings is 1. The summed E-state index contributed by atoms with van der Waals surface area (Å²) in [5.74, 6) is -1.52. The van der Waals surface area contributed by atoms with Gasteiger partial charge in [-0.2, -0.15) is 0 Å². The third-order valence-electron chi connectivity index (χ3n) is 3.91. The molecule has 0 saturated carbocycles. The minimum Gasteiger partial charge on any atom is -0.480 e. The van der Waals surface area contributed by atoms with E-state index in [4.69, 9.17) is 0 Å². The van der Waals surface area contributed by atoms with Gasteiger partial charge < -0.3 is 15.3 Å². The van der Waals surface area contributed by atoms with E-state index < -0.39 is 22.8 Å². The van der Waals surface area contributed by atoms with Gasteiger partial charge in [0, 0.05) is 9.62 Å². The Hall–Kier alpha value is -1.54. The summed E-state index contributed by atoms with van der Waals surface area (Å²) in [7, 11) is 0. The number of carboxylic acids is 1. The lowest BCUT2D eigenvalue weighted by Crippen LogP contribution is -2.70. The number of carboxylic acid groups (broad SMARTS) is 1. The Morgan fingerprint density at radius 2 is 2.18 bits per heavy atom. The van der Waals surface area contributed by atoms with Gasteiger partial charge in [0.15, 0.2) is 0 Å². The normalized spacial score (nSPS) is 28.9. The van der Waals surface area contributed by atoms with Crippen molar-refractivity contribution in [3.05, 3.63) is 22.4 Å². The van der Waals surface area contributed by atoms with Crippen LogP contribution < -0.4 is 5.32 Å². The van der Waals surface area contributed by atoms with Gasteiger partial charge in [-0.1, -0.05) is 6.07 Å². The van der Waals surface area contributed by atoms with E-state index in [0.29, 0.717) is 0 Å². The summed E-state index contributed by atoms with van der Waals surface area (Å²) < 4.78 is -0.570. The molecule has 0 radical (unpaired) electrons. The lowest BCUT2D eigenvalue weighted by Gasteiger charge is -2.43. The van der Waals surface area contributed by atoms with Gasteiger partial charge in [-0.25, -0.2) is 4.79 Å². The van der Waals surface area contributed by atoms with Crippen molar-refractivity contribution in [3.8, 4) is 0 Å². The van der Waals surface area contributed by atoms with Crippen LogP contribution in [0.4, 0.5) is 0 Å². The number of fused-ring (bicyclic) bond motifs is 1. The maximum absolute atomic E-state index is 12.2. The van der Waals surface area contributed by atoms with E-state index in [9.17, 15) is 19.5 Å². The average molecular weight is 340 g/mol. The zero-order valence-electron chi connectivity index (χ0n) is 12.1. The molecule has 0 aliphatic carbocycles. The molecule has 2 aliphatic heterocycles.